The molecule has 66 valence electrons. The van der Waals surface area contributed by atoms with Crippen LogP contribution in [0.2, 0.25) is 0 Å². The quantitative estimate of drug-likeness (QED) is 0.500. The summed E-state index contributed by atoms with van der Waals surface area (Å²) in [7, 11) is 1.64. The first kappa shape index (κ1) is 10.7. The third kappa shape index (κ3) is 3.54. The Labute approximate surface area is 69.4 Å². The minimum absolute atomic E-state index is 0.0290. The lowest BCUT2D eigenvalue weighted by molar-refractivity contribution is 0.0133. The molecule has 0 rings (SSSR count). The third-order valence-electron chi connectivity index (χ3n) is 1.90. The molecule has 0 radical (unpaired) electrons. The average molecular weight is 157 g/mol. The summed E-state index contributed by atoms with van der Waals surface area (Å²) in [6.07, 6.45) is 4.92. The number of methoxy groups -OCH3 is 1. The zero-order chi connectivity index (χ0) is 8.91. The van der Waals surface area contributed by atoms with Crippen LogP contribution < -0.4 is 5.73 Å². The van der Waals surface area contributed by atoms with Gasteiger partial charge in [-0.25, -0.2) is 0 Å². The highest BCUT2D eigenvalue weighted by Gasteiger charge is 2.24. The van der Waals surface area contributed by atoms with Gasteiger partial charge in [-0.15, -0.1) is 0 Å². The molecule has 2 nitrogen and oxygen atoms in total. The van der Waals surface area contributed by atoms with Crippen molar-refractivity contribution in [1.29, 1.82) is 0 Å². The number of ether oxygens (including phenoxy) is 1. The summed E-state index contributed by atoms with van der Waals surface area (Å²) in [5, 5.41) is 0. The molecule has 0 bridgehead atoms. The van der Waals surface area contributed by atoms with Crippen LogP contribution in [-0.2, 0) is 4.74 Å². The molecule has 0 saturated carbocycles. The molecule has 0 aliphatic carbocycles. The first-order valence-corrected chi connectivity index (χ1v) is 3.94. The Morgan fingerprint density at radius 2 is 2.09 bits per heavy atom. The van der Waals surface area contributed by atoms with Gasteiger partial charge in [0.05, 0.1) is 0 Å². The highest BCUT2D eigenvalue weighted by atomic mass is 16.5. The lowest BCUT2D eigenvalue weighted by Gasteiger charge is -2.28. The summed E-state index contributed by atoms with van der Waals surface area (Å²) in [5.41, 5.74) is 5.76. The number of hydrogen-bond acceptors (Lipinski definition) is 2. The van der Waals surface area contributed by atoms with Gasteiger partial charge in [-0.3, -0.25) is 0 Å². The van der Waals surface area contributed by atoms with E-state index < -0.39 is 0 Å². The van der Waals surface area contributed by atoms with Gasteiger partial charge in [0.25, 0.3) is 0 Å². The molecule has 2 N–H and O–H groups in total. The van der Waals surface area contributed by atoms with Crippen LogP contribution in [0.3, 0.4) is 0 Å². The third-order valence-corrected chi connectivity index (χ3v) is 1.90. The van der Waals surface area contributed by atoms with Gasteiger partial charge in [-0.1, -0.05) is 26.0 Å². The van der Waals surface area contributed by atoms with Gasteiger partial charge in [-0.2, -0.15) is 0 Å². The molecule has 1 atom stereocenters. The molecule has 0 fully saturated rings. The van der Waals surface area contributed by atoms with Crippen molar-refractivity contribution in [2.24, 2.45) is 11.1 Å². The Bertz CT molecular complexity index is 130. The average Bonchev–Trinajstić information content (AvgIpc) is 1.99. The van der Waals surface area contributed by atoms with Crippen molar-refractivity contribution in [2.75, 3.05) is 7.11 Å². The molecule has 0 aromatic rings. The molecule has 11 heavy (non-hydrogen) atoms. The predicted molar refractivity (Wildman–Crippen MR) is 48.2 cm³/mol. The molecular weight excluding hydrogens is 138 g/mol. The minimum Gasteiger partial charge on any atom is -0.366 e. The standard InChI is InChI=1S/C9H19NO/c1-5-6-7-9(2,3)8(10)11-4/h5-6,8H,7,10H2,1-4H3/b6-5+. The summed E-state index contributed by atoms with van der Waals surface area (Å²) in [4.78, 5) is 0. The zero-order valence-electron chi connectivity index (χ0n) is 7.92. The molecule has 0 aliphatic rings. The second-order valence-corrected chi connectivity index (χ2v) is 3.42. The largest absolute Gasteiger partial charge is 0.366 e. The van der Waals surface area contributed by atoms with Crippen LogP contribution in [0.1, 0.15) is 27.2 Å². The predicted octanol–water partition coefficient (Wildman–Crippen LogP) is 1.91. The Kier molecular flexibility index (Phi) is 4.38. The van der Waals surface area contributed by atoms with Crippen LogP contribution in [0.15, 0.2) is 12.2 Å². The van der Waals surface area contributed by atoms with E-state index >= 15 is 0 Å². The molecule has 1 unspecified atom stereocenters. The van der Waals surface area contributed by atoms with Gasteiger partial charge in [0.1, 0.15) is 6.23 Å². The highest BCUT2D eigenvalue weighted by molar-refractivity contribution is 4.87. The fraction of sp³-hybridized carbons (Fsp3) is 0.778. The van der Waals surface area contributed by atoms with Crippen molar-refractivity contribution < 1.29 is 4.74 Å². The van der Waals surface area contributed by atoms with E-state index in [4.69, 9.17) is 10.5 Å². The van der Waals surface area contributed by atoms with Gasteiger partial charge in [0, 0.05) is 12.5 Å². The van der Waals surface area contributed by atoms with Crippen LogP contribution >= 0.6 is 0 Å². The van der Waals surface area contributed by atoms with E-state index in [1.807, 2.05) is 13.0 Å². The molecule has 2 heteroatoms. The second-order valence-electron chi connectivity index (χ2n) is 3.42. The van der Waals surface area contributed by atoms with Crippen molar-refractivity contribution in [3.63, 3.8) is 0 Å². The van der Waals surface area contributed by atoms with Crippen molar-refractivity contribution in [2.45, 2.75) is 33.4 Å². The SMILES string of the molecule is C/C=C/CC(C)(C)C(N)OC. The minimum atomic E-state index is -0.182. The first-order chi connectivity index (χ1) is 5.04. The van der Waals surface area contributed by atoms with Crippen molar-refractivity contribution in [1.82, 2.24) is 0 Å². The Morgan fingerprint density at radius 3 is 2.45 bits per heavy atom. The van der Waals surface area contributed by atoms with Crippen molar-refractivity contribution in [3.05, 3.63) is 12.2 Å². The lowest BCUT2D eigenvalue weighted by Crippen LogP contribution is -2.38. The van der Waals surface area contributed by atoms with Gasteiger partial charge < -0.3 is 10.5 Å². The smallest absolute Gasteiger partial charge is 0.110 e. The maximum Gasteiger partial charge on any atom is 0.110 e. The number of rotatable bonds is 4. The van der Waals surface area contributed by atoms with E-state index in [2.05, 4.69) is 19.9 Å². The fourth-order valence-corrected chi connectivity index (χ4v) is 0.857. The first-order valence-electron chi connectivity index (χ1n) is 3.94. The number of allylic oxidation sites excluding steroid dienone is 2. The molecule has 0 aromatic carbocycles. The molecular formula is C9H19NO. The molecule has 0 aliphatic heterocycles. The summed E-state index contributed by atoms with van der Waals surface area (Å²) in [5.74, 6) is 0. The molecule has 0 heterocycles. The molecule has 0 spiro atoms. The van der Waals surface area contributed by atoms with Crippen LogP contribution in [-0.4, -0.2) is 13.3 Å². The van der Waals surface area contributed by atoms with E-state index in [1.54, 1.807) is 7.11 Å². The Morgan fingerprint density at radius 1 is 1.55 bits per heavy atom. The molecule has 0 amide bonds. The van der Waals surface area contributed by atoms with E-state index in [1.165, 1.54) is 0 Å². The van der Waals surface area contributed by atoms with Crippen LogP contribution in [0.5, 0.6) is 0 Å². The zero-order valence-corrected chi connectivity index (χ0v) is 7.92. The highest BCUT2D eigenvalue weighted by Crippen LogP contribution is 2.24. The Balaban J connectivity index is 3.97. The summed E-state index contributed by atoms with van der Waals surface area (Å²) >= 11 is 0. The fourth-order valence-electron chi connectivity index (χ4n) is 0.857. The second kappa shape index (κ2) is 4.52. The van der Waals surface area contributed by atoms with Crippen LogP contribution in [0.4, 0.5) is 0 Å². The molecule has 0 saturated heterocycles. The van der Waals surface area contributed by atoms with Crippen molar-refractivity contribution >= 4 is 0 Å². The summed E-state index contributed by atoms with van der Waals surface area (Å²) in [6.45, 7) is 6.21. The molecule has 0 aromatic heterocycles. The van der Waals surface area contributed by atoms with E-state index in [9.17, 15) is 0 Å². The van der Waals surface area contributed by atoms with Gasteiger partial charge in [-0.05, 0) is 13.3 Å². The normalized spacial score (nSPS) is 15.7. The van der Waals surface area contributed by atoms with E-state index in [0.717, 1.165) is 6.42 Å². The topological polar surface area (TPSA) is 35.2 Å². The summed E-state index contributed by atoms with van der Waals surface area (Å²) < 4.78 is 5.06. The summed E-state index contributed by atoms with van der Waals surface area (Å²) in [6, 6.07) is 0. The maximum atomic E-state index is 5.74. The number of nitrogens with two attached hydrogens (primary N) is 1. The monoisotopic (exact) mass is 157 g/mol. The van der Waals surface area contributed by atoms with Gasteiger partial charge >= 0.3 is 0 Å². The van der Waals surface area contributed by atoms with E-state index in [-0.39, 0.29) is 11.6 Å². The number of hydrogen-bond donors (Lipinski definition) is 1. The van der Waals surface area contributed by atoms with Crippen LogP contribution in [0, 0.1) is 5.41 Å². The van der Waals surface area contributed by atoms with Crippen LogP contribution in [0.25, 0.3) is 0 Å². The maximum absolute atomic E-state index is 5.74. The van der Waals surface area contributed by atoms with E-state index in [0.29, 0.717) is 0 Å². The lowest BCUT2D eigenvalue weighted by atomic mass is 9.87. The Hall–Kier alpha value is -0.340. The van der Waals surface area contributed by atoms with Gasteiger partial charge in [0.15, 0.2) is 0 Å². The van der Waals surface area contributed by atoms with Crippen molar-refractivity contribution in [3.8, 4) is 0 Å². The van der Waals surface area contributed by atoms with Gasteiger partial charge in [0.2, 0.25) is 0 Å².